The van der Waals surface area contributed by atoms with Crippen LogP contribution in [0.15, 0.2) is 0 Å². The minimum Gasteiger partial charge on any atom is -0.376 e. The molecular weight excluding hydrogens is 156 g/mol. The molecule has 4 heteroatoms. The van der Waals surface area contributed by atoms with E-state index in [9.17, 15) is 4.79 Å². The third-order valence-electron chi connectivity index (χ3n) is 2.11. The highest BCUT2D eigenvalue weighted by Gasteiger charge is 2.22. The van der Waals surface area contributed by atoms with Crippen LogP contribution in [0.3, 0.4) is 0 Å². The van der Waals surface area contributed by atoms with E-state index in [1.807, 2.05) is 6.92 Å². The summed E-state index contributed by atoms with van der Waals surface area (Å²) >= 11 is 0. The highest BCUT2D eigenvalue weighted by Crippen LogP contribution is 2.14. The van der Waals surface area contributed by atoms with Gasteiger partial charge in [-0.25, -0.2) is 4.79 Å². The number of urea groups is 1. The van der Waals surface area contributed by atoms with Crippen LogP contribution in [0.4, 0.5) is 4.79 Å². The molecule has 2 amide bonds. The van der Waals surface area contributed by atoms with Crippen molar-refractivity contribution in [1.82, 2.24) is 10.6 Å². The van der Waals surface area contributed by atoms with Gasteiger partial charge in [-0.1, -0.05) is 0 Å². The largest absolute Gasteiger partial charge is 0.376 e. The third-order valence-corrected chi connectivity index (χ3v) is 2.11. The molecule has 70 valence electrons. The van der Waals surface area contributed by atoms with E-state index >= 15 is 0 Å². The summed E-state index contributed by atoms with van der Waals surface area (Å²) in [7, 11) is 1.61. The maximum absolute atomic E-state index is 10.9. The van der Waals surface area contributed by atoms with Crippen molar-refractivity contribution in [2.45, 2.75) is 31.9 Å². The van der Waals surface area contributed by atoms with Gasteiger partial charge >= 0.3 is 6.03 Å². The molecule has 0 aromatic carbocycles. The average molecular weight is 172 g/mol. The summed E-state index contributed by atoms with van der Waals surface area (Å²) in [6, 6.07) is -0.0366. The van der Waals surface area contributed by atoms with Crippen molar-refractivity contribution in [1.29, 1.82) is 0 Å². The van der Waals surface area contributed by atoms with Gasteiger partial charge in [0.1, 0.15) is 0 Å². The maximum Gasteiger partial charge on any atom is 0.314 e. The molecule has 2 atom stereocenters. The molecule has 1 fully saturated rings. The molecular formula is C8H16N2O2. The first kappa shape index (κ1) is 9.32. The Hall–Kier alpha value is -0.770. The van der Waals surface area contributed by atoms with Gasteiger partial charge < -0.3 is 15.4 Å². The van der Waals surface area contributed by atoms with Crippen LogP contribution in [-0.4, -0.2) is 31.8 Å². The standard InChI is InChI=1S/C8H16N2O2/c1-6(10-8(11)9-2)7-4-3-5-12-7/h6-7H,3-5H2,1-2H3,(H2,9,10,11). The molecule has 4 nitrogen and oxygen atoms in total. The van der Waals surface area contributed by atoms with Crippen molar-refractivity contribution in [2.24, 2.45) is 0 Å². The summed E-state index contributed by atoms with van der Waals surface area (Å²) < 4.78 is 5.42. The number of amides is 2. The molecule has 0 radical (unpaired) electrons. The van der Waals surface area contributed by atoms with E-state index < -0.39 is 0 Å². The SMILES string of the molecule is CNC(=O)NC(C)C1CCCO1. The minimum absolute atomic E-state index is 0.104. The first-order valence-electron chi connectivity index (χ1n) is 4.34. The van der Waals surface area contributed by atoms with E-state index in [1.54, 1.807) is 7.05 Å². The fraction of sp³-hybridized carbons (Fsp3) is 0.875. The van der Waals surface area contributed by atoms with Crippen LogP contribution in [0, 0.1) is 0 Å². The maximum atomic E-state index is 10.9. The van der Waals surface area contributed by atoms with Crippen molar-refractivity contribution >= 4 is 6.03 Å². The molecule has 0 aromatic heterocycles. The monoisotopic (exact) mass is 172 g/mol. The van der Waals surface area contributed by atoms with Gasteiger partial charge in [0.05, 0.1) is 12.1 Å². The lowest BCUT2D eigenvalue weighted by atomic mass is 10.1. The van der Waals surface area contributed by atoms with Crippen molar-refractivity contribution < 1.29 is 9.53 Å². The average Bonchev–Trinajstić information content (AvgIpc) is 2.56. The topological polar surface area (TPSA) is 50.4 Å². The highest BCUT2D eigenvalue weighted by molar-refractivity contribution is 5.73. The van der Waals surface area contributed by atoms with Gasteiger partial charge in [-0.15, -0.1) is 0 Å². The summed E-state index contributed by atoms with van der Waals surface area (Å²) in [5.41, 5.74) is 0. The van der Waals surface area contributed by atoms with E-state index in [0.717, 1.165) is 19.4 Å². The normalized spacial score (nSPS) is 25.0. The molecule has 0 spiro atoms. The quantitative estimate of drug-likeness (QED) is 0.636. The molecule has 1 heterocycles. The van der Waals surface area contributed by atoms with Gasteiger partial charge in [-0.2, -0.15) is 0 Å². The van der Waals surface area contributed by atoms with Crippen LogP contribution in [-0.2, 0) is 4.74 Å². The van der Waals surface area contributed by atoms with E-state index in [1.165, 1.54) is 0 Å². The number of carbonyl (C=O) groups is 1. The van der Waals surface area contributed by atoms with Gasteiger partial charge in [-0.05, 0) is 19.8 Å². The molecule has 2 unspecified atom stereocenters. The Kier molecular flexibility index (Phi) is 3.34. The summed E-state index contributed by atoms with van der Waals surface area (Å²) in [4.78, 5) is 10.9. The second-order valence-corrected chi connectivity index (χ2v) is 3.06. The molecule has 1 rings (SSSR count). The van der Waals surface area contributed by atoms with E-state index in [4.69, 9.17) is 4.74 Å². The zero-order chi connectivity index (χ0) is 8.97. The molecule has 0 aliphatic carbocycles. The van der Waals surface area contributed by atoms with Gasteiger partial charge in [0.15, 0.2) is 0 Å². The number of hydrogen-bond donors (Lipinski definition) is 2. The van der Waals surface area contributed by atoms with Gasteiger partial charge in [0, 0.05) is 13.7 Å². The Morgan fingerprint density at radius 1 is 1.67 bits per heavy atom. The molecule has 2 N–H and O–H groups in total. The Balaban J connectivity index is 2.26. The molecule has 0 bridgehead atoms. The Morgan fingerprint density at radius 3 is 2.92 bits per heavy atom. The molecule has 0 saturated carbocycles. The lowest BCUT2D eigenvalue weighted by Crippen LogP contribution is -2.44. The summed E-state index contributed by atoms with van der Waals surface area (Å²) in [6.07, 6.45) is 2.34. The van der Waals surface area contributed by atoms with Crippen LogP contribution in [0.2, 0.25) is 0 Å². The van der Waals surface area contributed by atoms with Crippen molar-refractivity contribution in [3.05, 3.63) is 0 Å². The summed E-state index contributed by atoms with van der Waals surface area (Å²) in [5.74, 6) is 0. The summed E-state index contributed by atoms with van der Waals surface area (Å²) in [6.45, 7) is 2.79. The first-order valence-corrected chi connectivity index (χ1v) is 4.34. The summed E-state index contributed by atoms with van der Waals surface area (Å²) in [5, 5.41) is 5.31. The smallest absolute Gasteiger partial charge is 0.314 e. The Morgan fingerprint density at radius 2 is 2.42 bits per heavy atom. The number of rotatable bonds is 2. The number of ether oxygens (including phenoxy) is 1. The minimum atomic E-state index is -0.141. The van der Waals surface area contributed by atoms with E-state index in [0.29, 0.717) is 0 Å². The second kappa shape index (κ2) is 4.30. The van der Waals surface area contributed by atoms with Gasteiger partial charge in [0.25, 0.3) is 0 Å². The van der Waals surface area contributed by atoms with Crippen molar-refractivity contribution in [2.75, 3.05) is 13.7 Å². The Labute approximate surface area is 72.7 Å². The molecule has 1 aliphatic rings. The zero-order valence-electron chi connectivity index (χ0n) is 7.59. The predicted molar refractivity (Wildman–Crippen MR) is 46.0 cm³/mol. The second-order valence-electron chi connectivity index (χ2n) is 3.06. The lowest BCUT2D eigenvalue weighted by molar-refractivity contribution is 0.0861. The van der Waals surface area contributed by atoms with Crippen LogP contribution in [0.25, 0.3) is 0 Å². The van der Waals surface area contributed by atoms with Gasteiger partial charge in [-0.3, -0.25) is 0 Å². The van der Waals surface area contributed by atoms with Crippen molar-refractivity contribution in [3.8, 4) is 0 Å². The Bertz CT molecular complexity index is 155. The molecule has 1 aliphatic heterocycles. The van der Waals surface area contributed by atoms with Crippen LogP contribution in [0.5, 0.6) is 0 Å². The van der Waals surface area contributed by atoms with Crippen molar-refractivity contribution in [3.63, 3.8) is 0 Å². The fourth-order valence-corrected chi connectivity index (χ4v) is 1.37. The zero-order valence-corrected chi connectivity index (χ0v) is 7.59. The number of hydrogen-bond acceptors (Lipinski definition) is 2. The third kappa shape index (κ3) is 2.37. The fourth-order valence-electron chi connectivity index (χ4n) is 1.37. The molecule has 1 saturated heterocycles. The number of nitrogens with one attached hydrogen (secondary N) is 2. The van der Waals surface area contributed by atoms with Crippen LogP contribution >= 0.6 is 0 Å². The molecule has 0 aromatic rings. The van der Waals surface area contributed by atoms with Gasteiger partial charge in [0.2, 0.25) is 0 Å². The highest BCUT2D eigenvalue weighted by atomic mass is 16.5. The lowest BCUT2D eigenvalue weighted by Gasteiger charge is -2.19. The van der Waals surface area contributed by atoms with E-state index in [-0.39, 0.29) is 18.2 Å². The first-order chi connectivity index (χ1) is 5.74. The van der Waals surface area contributed by atoms with E-state index in [2.05, 4.69) is 10.6 Å². The van der Waals surface area contributed by atoms with Crippen LogP contribution in [0.1, 0.15) is 19.8 Å². The van der Waals surface area contributed by atoms with Crippen LogP contribution < -0.4 is 10.6 Å². The molecule has 12 heavy (non-hydrogen) atoms. The number of carbonyl (C=O) groups excluding carboxylic acids is 1. The predicted octanol–water partition coefficient (Wildman–Crippen LogP) is 0.483.